The molecule has 144 valence electrons. The number of anilines is 1. The summed E-state index contributed by atoms with van der Waals surface area (Å²) in [6, 6.07) is 5.93. The maximum atomic E-state index is 12.3. The number of rotatable bonds is 7. The molecule has 0 fully saturated rings. The second-order valence-corrected chi connectivity index (χ2v) is 10.0. The van der Waals surface area contributed by atoms with Crippen LogP contribution in [0.25, 0.3) is 0 Å². The Morgan fingerprint density at radius 3 is 2.56 bits per heavy atom. The third kappa shape index (κ3) is 4.51. The molecule has 1 heterocycles. The van der Waals surface area contributed by atoms with Gasteiger partial charge in [-0.3, -0.25) is 9.59 Å². The fourth-order valence-corrected chi connectivity index (χ4v) is 5.87. The van der Waals surface area contributed by atoms with Crippen molar-refractivity contribution in [3.05, 3.63) is 45.3 Å². The van der Waals surface area contributed by atoms with Crippen molar-refractivity contribution in [2.45, 2.75) is 37.0 Å². The lowest BCUT2D eigenvalue weighted by atomic mass is 10.1. The van der Waals surface area contributed by atoms with Gasteiger partial charge in [-0.2, -0.15) is 0 Å². The average molecular weight is 427 g/mol. The van der Waals surface area contributed by atoms with Crippen LogP contribution >= 0.6 is 22.9 Å². The van der Waals surface area contributed by atoms with Gasteiger partial charge in [0.05, 0.1) is 16.2 Å². The van der Waals surface area contributed by atoms with Crippen LogP contribution in [-0.4, -0.2) is 26.0 Å². The summed E-state index contributed by atoms with van der Waals surface area (Å²) in [4.78, 5) is 25.2. The third-order valence-corrected chi connectivity index (χ3v) is 7.69. The molecule has 3 rings (SSSR count). The molecule has 0 spiro atoms. The van der Waals surface area contributed by atoms with Gasteiger partial charge in [0.25, 0.3) is 5.91 Å². The third-order valence-electron chi connectivity index (χ3n) is 4.41. The van der Waals surface area contributed by atoms with Crippen molar-refractivity contribution in [2.24, 2.45) is 5.73 Å². The molecule has 6 nitrogen and oxygen atoms in total. The Bertz CT molecular complexity index is 982. The minimum atomic E-state index is -3.47. The van der Waals surface area contributed by atoms with Crippen molar-refractivity contribution in [2.75, 3.05) is 11.1 Å². The van der Waals surface area contributed by atoms with Crippen molar-refractivity contribution in [3.63, 3.8) is 0 Å². The van der Waals surface area contributed by atoms with Crippen molar-refractivity contribution in [1.29, 1.82) is 0 Å². The highest BCUT2D eigenvalue weighted by atomic mass is 35.5. The van der Waals surface area contributed by atoms with Crippen LogP contribution in [0.4, 0.5) is 5.00 Å². The number of benzene rings is 1. The summed E-state index contributed by atoms with van der Waals surface area (Å²) < 4.78 is 24.6. The molecule has 0 atom stereocenters. The molecular formula is C18H19ClN2O4S2. The van der Waals surface area contributed by atoms with Gasteiger partial charge < -0.3 is 11.1 Å². The van der Waals surface area contributed by atoms with Gasteiger partial charge in [-0.25, -0.2) is 8.42 Å². The Hall–Kier alpha value is -1.90. The van der Waals surface area contributed by atoms with Gasteiger partial charge in [0.1, 0.15) is 5.00 Å². The molecule has 3 N–H and O–H groups in total. The number of carbonyl (C=O) groups is 2. The number of thiophene rings is 1. The molecule has 0 radical (unpaired) electrons. The lowest BCUT2D eigenvalue weighted by molar-refractivity contribution is -0.116. The first-order valence-electron chi connectivity index (χ1n) is 8.50. The predicted octanol–water partition coefficient (Wildman–Crippen LogP) is 3.18. The summed E-state index contributed by atoms with van der Waals surface area (Å²) in [6.07, 6.45) is 2.87. The second-order valence-electron chi connectivity index (χ2n) is 6.35. The number of halogens is 1. The van der Waals surface area contributed by atoms with Crippen LogP contribution in [0.1, 0.15) is 40.1 Å². The molecule has 1 aromatic heterocycles. The van der Waals surface area contributed by atoms with Gasteiger partial charge >= 0.3 is 0 Å². The van der Waals surface area contributed by atoms with Gasteiger partial charge in [0.2, 0.25) is 5.91 Å². The number of carbonyl (C=O) groups excluding carboxylic acids is 2. The minimum absolute atomic E-state index is 0.0353. The topological polar surface area (TPSA) is 106 Å². The van der Waals surface area contributed by atoms with Crippen LogP contribution in [-0.2, 0) is 27.5 Å². The number of amides is 2. The Kier molecular flexibility index (Phi) is 5.88. The molecule has 0 aliphatic heterocycles. The zero-order valence-electron chi connectivity index (χ0n) is 14.5. The van der Waals surface area contributed by atoms with E-state index in [-0.39, 0.29) is 29.4 Å². The molecule has 0 unspecified atom stereocenters. The molecule has 0 saturated heterocycles. The van der Waals surface area contributed by atoms with E-state index in [9.17, 15) is 18.0 Å². The Morgan fingerprint density at radius 1 is 1.19 bits per heavy atom. The van der Waals surface area contributed by atoms with Gasteiger partial charge in [-0.15, -0.1) is 11.3 Å². The quantitative estimate of drug-likeness (QED) is 0.708. The number of sulfone groups is 1. The lowest BCUT2D eigenvalue weighted by Gasteiger charge is -2.07. The molecular weight excluding hydrogens is 408 g/mol. The van der Waals surface area contributed by atoms with Gasteiger partial charge in [0, 0.05) is 16.3 Å². The molecule has 9 heteroatoms. The molecule has 27 heavy (non-hydrogen) atoms. The van der Waals surface area contributed by atoms with E-state index in [4.69, 9.17) is 17.3 Å². The number of aryl methyl sites for hydroxylation is 1. The first-order valence-corrected chi connectivity index (χ1v) is 11.3. The minimum Gasteiger partial charge on any atom is -0.365 e. The second kappa shape index (κ2) is 8.00. The standard InChI is InChI=1S/C18H19ClN2O4S2/c19-11-6-8-12(9-7-11)27(24,25)10-2-5-15(22)21-18-16(17(20)23)13-3-1-4-14(13)26-18/h6-9H,1-5,10H2,(H2,20,23)(H,21,22). The van der Waals surface area contributed by atoms with Crippen LogP contribution < -0.4 is 11.1 Å². The number of hydrogen-bond acceptors (Lipinski definition) is 5. The number of nitrogens with two attached hydrogens (primary N) is 1. The van der Waals surface area contributed by atoms with E-state index < -0.39 is 15.7 Å². The van der Waals surface area contributed by atoms with E-state index in [1.54, 1.807) is 0 Å². The van der Waals surface area contributed by atoms with Crippen LogP contribution in [0.2, 0.25) is 5.02 Å². The highest BCUT2D eigenvalue weighted by Crippen LogP contribution is 2.38. The molecule has 0 bridgehead atoms. The fraction of sp³-hybridized carbons (Fsp3) is 0.333. The molecule has 0 saturated carbocycles. The van der Waals surface area contributed by atoms with E-state index in [1.807, 2.05) is 0 Å². The van der Waals surface area contributed by atoms with Crippen molar-refractivity contribution in [1.82, 2.24) is 0 Å². The Morgan fingerprint density at radius 2 is 1.89 bits per heavy atom. The Balaban J connectivity index is 1.59. The number of fused-ring (bicyclic) bond motifs is 1. The highest BCUT2D eigenvalue weighted by Gasteiger charge is 2.26. The van der Waals surface area contributed by atoms with Crippen molar-refractivity contribution < 1.29 is 18.0 Å². The maximum absolute atomic E-state index is 12.3. The summed E-state index contributed by atoms with van der Waals surface area (Å²) in [5.74, 6) is -1.02. The van der Waals surface area contributed by atoms with Crippen molar-refractivity contribution in [3.8, 4) is 0 Å². The van der Waals surface area contributed by atoms with Gasteiger partial charge in [0.15, 0.2) is 9.84 Å². The largest absolute Gasteiger partial charge is 0.365 e. The molecule has 1 aliphatic rings. The summed E-state index contributed by atoms with van der Waals surface area (Å²) in [5, 5.41) is 3.65. The number of primary amides is 1. The summed E-state index contributed by atoms with van der Waals surface area (Å²) >= 11 is 7.15. The first kappa shape index (κ1) is 19.9. The fourth-order valence-electron chi connectivity index (χ4n) is 3.12. The molecule has 2 amide bonds. The average Bonchev–Trinajstić information content (AvgIpc) is 3.15. The summed E-state index contributed by atoms with van der Waals surface area (Å²) in [6.45, 7) is 0. The molecule has 1 aromatic carbocycles. The SMILES string of the molecule is NC(=O)c1c(NC(=O)CCCS(=O)(=O)c2ccc(Cl)cc2)sc2c1CCC2. The van der Waals surface area contributed by atoms with Crippen molar-refractivity contribution >= 4 is 49.6 Å². The molecule has 1 aliphatic carbocycles. The predicted molar refractivity (Wildman–Crippen MR) is 106 cm³/mol. The van der Waals surface area contributed by atoms with E-state index >= 15 is 0 Å². The maximum Gasteiger partial charge on any atom is 0.251 e. The van der Waals surface area contributed by atoms with Crippen LogP contribution in [0.15, 0.2) is 29.2 Å². The van der Waals surface area contributed by atoms with E-state index in [0.29, 0.717) is 15.6 Å². The zero-order valence-corrected chi connectivity index (χ0v) is 16.8. The highest BCUT2D eigenvalue weighted by molar-refractivity contribution is 7.91. The normalized spacial score (nSPS) is 13.4. The Labute approximate surface area is 166 Å². The van der Waals surface area contributed by atoms with Crippen LogP contribution in [0, 0.1) is 0 Å². The first-order chi connectivity index (χ1) is 12.8. The van der Waals surface area contributed by atoms with Crippen LogP contribution in [0.3, 0.4) is 0 Å². The van der Waals surface area contributed by atoms with Crippen LogP contribution in [0.5, 0.6) is 0 Å². The zero-order chi connectivity index (χ0) is 19.6. The van der Waals surface area contributed by atoms with E-state index in [2.05, 4.69) is 5.32 Å². The number of hydrogen-bond donors (Lipinski definition) is 2. The van der Waals surface area contributed by atoms with E-state index in [1.165, 1.54) is 35.6 Å². The molecule has 2 aromatic rings. The van der Waals surface area contributed by atoms with Gasteiger partial charge in [-0.05, 0) is 55.5 Å². The van der Waals surface area contributed by atoms with Gasteiger partial charge in [-0.1, -0.05) is 11.6 Å². The smallest absolute Gasteiger partial charge is 0.251 e. The lowest BCUT2D eigenvalue weighted by Crippen LogP contribution is -2.18. The monoisotopic (exact) mass is 426 g/mol. The number of nitrogens with one attached hydrogen (secondary N) is 1. The summed E-state index contributed by atoms with van der Waals surface area (Å²) in [5.41, 5.74) is 6.80. The summed E-state index contributed by atoms with van der Waals surface area (Å²) in [7, 11) is -3.47. The van der Waals surface area contributed by atoms with E-state index in [0.717, 1.165) is 29.7 Å².